The number of anilines is 2. The molecule has 1 spiro atoms. The molecule has 16 nitrogen and oxygen atoms in total. The third kappa shape index (κ3) is 11.3. The molecule has 2 aromatic heterocycles. The number of nitro groups is 1. The Kier molecular flexibility index (Phi) is 14.7. The maximum Gasteiger partial charge on any atom is 0.293 e. The molecule has 1 amide bonds. The Morgan fingerprint density at radius 3 is 2.48 bits per heavy atom. The predicted molar refractivity (Wildman–Crippen MR) is 287 cm³/mol. The van der Waals surface area contributed by atoms with E-state index in [4.69, 9.17) is 9.47 Å². The van der Waals surface area contributed by atoms with E-state index in [2.05, 4.69) is 72.8 Å². The number of nitrogens with zero attached hydrogens (tertiary/aromatic N) is 5. The average molecular weight is 1040 g/mol. The number of hydrogen-bond acceptors (Lipinski definition) is 13. The molecular weight excluding hydrogens is 976 g/mol. The zero-order valence-corrected chi connectivity index (χ0v) is 43.9. The van der Waals surface area contributed by atoms with Crippen molar-refractivity contribution in [1.29, 1.82) is 0 Å². The Morgan fingerprint density at radius 1 is 0.960 bits per heavy atom. The highest BCUT2D eigenvalue weighted by molar-refractivity contribution is 7.90. The van der Waals surface area contributed by atoms with Crippen LogP contribution in [0.5, 0.6) is 17.2 Å². The van der Waals surface area contributed by atoms with Crippen LogP contribution in [0.4, 0.5) is 21.5 Å². The molecule has 6 aromatic rings. The molecule has 4 N–H and O–H groups in total. The van der Waals surface area contributed by atoms with Gasteiger partial charge in [-0.2, -0.15) is 0 Å². The summed E-state index contributed by atoms with van der Waals surface area (Å²) in [5.74, 6) is -0.0310. The Bertz CT molecular complexity index is 3180. The second-order valence-corrected chi connectivity index (χ2v) is 23.5. The molecule has 10 rings (SSSR count). The van der Waals surface area contributed by atoms with Crippen LogP contribution in [0, 0.1) is 27.3 Å². The van der Waals surface area contributed by atoms with Crippen LogP contribution in [-0.4, -0.2) is 102 Å². The number of halogens is 1. The number of piperazine rings is 1. The van der Waals surface area contributed by atoms with Crippen molar-refractivity contribution in [2.45, 2.75) is 107 Å². The third-order valence-electron chi connectivity index (χ3n) is 16.4. The van der Waals surface area contributed by atoms with Gasteiger partial charge in [-0.3, -0.25) is 24.7 Å². The number of ether oxygens (including phenoxy) is 2. The molecule has 1 atom stereocenters. The average Bonchev–Trinajstić information content (AvgIpc) is 3.86. The molecule has 2 aliphatic heterocycles. The zero-order valence-electron chi connectivity index (χ0n) is 43.1. The Hall–Kier alpha value is -6.60. The number of carbonyl (C=O) groups excluding carboxylic acids is 1. The van der Waals surface area contributed by atoms with Gasteiger partial charge in [0, 0.05) is 87.3 Å². The maximum absolute atomic E-state index is 14.3. The van der Waals surface area contributed by atoms with E-state index in [1.54, 1.807) is 36.5 Å². The van der Waals surface area contributed by atoms with Crippen molar-refractivity contribution in [1.82, 2.24) is 24.5 Å². The lowest BCUT2D eigenvalue weighted by atomic mass is 9.59. The molecule has 4 fully saturated rings. The molecule has 0 radical (unpaired) electrons. The summed E-state index contributed by atoms with van der Waals surface area (Å²) in [6.45, 7) is 11.7. The van der Waals surface area contributed by atoms with Crippen molar-refractivity contribution in [3.8, 4) is 17.2 Å². The summed E-state index contributed by atoms with van der Waals surface area (Å²) in [5.41, 5.74) is 4.39. The van der Waals surface area contributed by atoms with Gasteiger partial charge in [0.2, 0.25) is 0 Å². The first-order valence-corrected chi connectivity index (χ1v) is 27.6. The minimum absolute atomic E-state index is 0.0443. The van der Waals surface area contributed by atoms with Crippen molar-refractivity contribution in [3.05, 3.63) is 142 Å². The van der Waals surface area contributed by atoms with Crippen LogP contribution in [0.2, 0.25) is 0 Å². The Morgan fingerprint density at radius 2 is 1.73 bits per heavy atom. The van der Waals surface area contributed by atoms with Gasteiger partial charge in [0.25, 0.3) is 21.6 Å². The van der Waals surface area contributed by atoms with Gasteiger partial charge in [-0.25, -0.2) is 22.5 Å². The van der Waals surface area contributed by atoms with Crippen molar-refractivity contribution in [2.75, 3.05) is 56.6 Å². The van der Waals surface area contributed by atoms with E-state index in [0.717, 1.165) is 94.0 Å². The normalized spacial score (nSPS) is 21.5. The van der Waals surface area contributed by atoms with Gasteiger partial charge >= 0.3 is 0 Å². The molecule has 4 heterocycles. The summed E-state index contributed by atoms with van der Waals surface area (Å²) in [5, 5.41) is 26.5. The SMILES string of the molecule is COc1cc(CN2CCN(C3CC4(CCN(c5ccc(C(=O)NS(=O)(=O)c6ccc(NC[C@H]7CC[C@](C)(O)CC7)c([N+](=O)[O-])c6)c(Oc6cnc7[nH]ccc7c6)c5)CC4)C3)C(c3ccccc3C(C)C)C2)ccc1F. The fourth-order valence-electron chi connectivity index (χ4n) is 12.0. The number of methoxy groups -OCH3 is 1. The highest BCUT2D eigenvalue weighted by Gasteiger charge is 2.50. The number of carbonyl (C=O) groups is 1. The lowest BCUT2D eigenvalue weighted by molar-refractivity contribution is -0.384. The van der Waals surface area contributed by atoms with Crippen LogP contribution in [-0.2, 0) is 16.6 Å². The van der Waals surface area contributed by atoms with Gasteiger partial charge in [0.1, 0.15) is 22.8 Å². The van der Waals surface area contributed by atoms with Crippen molar-refractivity contribution >= 4 is 44.0 Å². The largest absolute Gasteiger partial charge is 0.494 e. The minimum Gasteiger partial charge on any atom is -0.494 e. The van der Waals surface area contributed by atoms with E-state index in [9.17, 15) is 32.8 Å². The summed E-state index contributed by atoms with van der Waals surface area (Å²) < 4.78 is 55.9. The molecule has 1 unspecified atom stereocenters. The van der Waals surface area contributed by atoms with Crippen LogP contribution in [0.15, 0.2) is 108 Å². The third-order valence-corrected chi connectivity index (χ3v) is 17.7. The summed E-state index contributed by atoms with van der Waals surface area (Å²) in [7, 11) is -3.10. The molecule has 2 aliphatic carbocycles. The molecule has 18 heteroatoms. The predicted octanol–water partition coefficient (Wildman–Crippen LogP) is 10.3. The highest BCUT2D eigenvalue weighted by Crippen LogP contribution is 2.53. The van der Waals surface area contributed by atoms with E-state index in [0.29, 0.717) is 49.3 Å². The number of aliphatic hydroxyl groups is 1. The Balaban J connectivity index is 0.832. The van der Waals surface area contributed by atoms with Gasteiger partial charge in [-0.1, -0.05) is 44.2 Å². The number of hydrogen-bond donors (Lipinski definition) is 4. The molecule has 396 valence electrons. The smallest absolute Gasteiger partial charge is 0.293 e. The number of H-pyrrole nitrogens is 1. The fourth-order valence-corrected chi connectivity index (χ4v) is 13.0. The van der Waals surface area contributed by atoms with E-state index in [1.165, 1.54) is 42.6 Å². The molecule has 4 aliphatic rings. The van der Waals surface area contributed by atoms with Gasteiger partial charge in [0.15, 0.2) is 11.6 Å². The number of sulfonamides is 1. The first kappa shape index (κ1) is 51.9. The molecule has 75 heavy (non-hydrogen) atoms. The number of nitrogens with one attached hydrogen (secondary N) is 3. The van der Waals surface area contributed by atoms with Crippen LogP contribution < -0.4 is 24.4 Å². The van der Waals surface area contributed by atoms with E-state index in [-0.39, 0.29) is 45.9 Å². The summed E-state index contributed by atoms with van der Waals surface area (Å²) in [6.07, 6.45) is 10.2. The summed E-state index contributed by atoms with van der Waals surface area (Å²) in [4.78, 5) is 40.3. The van der Waals surface area contributed by atoms with Gasteiger partial charge in [0.05, 0.1) is 34.3 Å². The van der Waals surface area contributed by atoms with E-state index in [1.807, 2.05) is 19.1 Å². The number of aromatic nitrogens is 2. The number of aromatic amines is 1. The summed E-state index contributed by atoms with van der Waals surface area (Å²) in [6, 6.07) is 26.9. The standard InChI is InChI=1S/C57H67FN8O8S/c1-37(2)45-7-5-6-8-46(45)51-36-63(35-39-9-13-48(58)53(27-39)73-4)25-26-65(51)42-31-57(32-42)20-23-64(24-21-57)41-10-12-47(52(29-41)74-43-28-40-17-22-59-54(40)61-34-43)55(67)62-75(71,72)44-11-14-49(50(30-44)66(69)70)60-33-38-15-18-56(3,68)19-16-38/h5-14,17,22,27-30,34,37-38,42,51,60,68H,15-16,18-21,23-26,31-33,35-36H2,1-4H3,(H,59,61)(H,62,67)/t38-,51?,56-. The second-order valence-electron chi connectivity index (χ2n) is 21.9. The molecule has 4 aromatic carbocycles. The molecule has 0 bridgehead atoms. The van der Waals surface area contributed by atoms with E-state index < -0.39 is 37.0 Å². The number of nitro benzene ring substituents is 1. The highest BCUT2D eigenvalue weighted by atomic mass is 32.2. The van der Waals surface area contributed by atoms with Crippen LogP contribution in [0.25, 0.3) is 11.0 Å². The zero-order chi connectivity index (χ0) is 52.6. The monoisotopic (exact) mass is 1040 g/mol. The van der Waals surface area contributed by atoms with Gasteiger partial charge in [-0.15, -0.1) is 0 Å². The van der Waals surface area contributed by atoms with Crippen molar-refractivity contribution in [2.24, 2.45) is 11.3 Å². The lowest BCUT2D eigenvalue weighted by Gasteiger charge is -2.58. The maximum atomic E-state index is 14.3. The van der Waals surface area contributed by atoms with Gasteiger partial charge < -0.3 is 29.8 Å². The second kappa shape index (κ2) is 21.2. The molecule has 2 saturated carbocycles. The van der Waals surface area contributed by atoms with Gasteiger partial charge in [-0.05, 0) is 141 Å². The number of pyridine rings is 1. The first-order chi connectivity index (χ1) is 35.9. The van der Waals surface area contributed by atoms with Crippen LogP contribution >= 0.6 is 0 Å². The van der Waals surface area contributed by atoms with Crippen molar-refractivity contribution < 1.29 is 37.1 Å². The summed E-state index contributed by atoms with van der Waals surface area (Å²) >= 11 is 0. The number of amides is 1. The number of rotatable bonds is 16. The molecular formula is C57H67FN8O8S. The van der Waals surface area contributed by atoms with E-state index >= 15 is 0 Å². The topological polar surface area (TPSA) is 195 Å². The lowest BCUT2D eigenvalue weighted by Crippen LogP contribution is -2.60. The van der Waals surface area contributed by atoms with Crippen molar-refractivity contribution in [3.63, 3.8) is 0 Å². The minimum atomic E-state index is -4.60. The number of fused-ring (bicyclic) bond motifs is 1. The number of piperidine rings is 1. The Labute approximate surface area is 437 Å². The number of benzene rings is 4. The van der Waals surface area contributed by atoms with Crippen LogP contribution in [0.1, 0.15) is 111 Å². The first-order valence-electron chi connectivity index (χ1n) is 26.2. The quantitative estimate of drug-likeness (QED) is 0.0529. The fraction of sp³-hybridized carbons (Fsp3) is 0.439. The molecule has 2 saturated heterocycles. The van der Waals surface area contributed by atoms with Crippen LogP contribution in [0.3, 0.4) is 0 Å².